The van der Waals surface area contributed by atoms with E-state index in [0.29, 0.717) is 0 Å². The van der Waals surface area contributed by atoms with Gasteiger partial charge in [0.25, 0.3) is 0 Å². The van der Waals surface area contributed by atoms with E-state index in [2.05, 4.69) is 49.1 Å². The van der Waals surface area contributed by atoms with E-state index in [1.54, 1.807) is 11.3 Å². The van der Waals surface area contributed by atoms with Crippen molar-refractivity contribution in [2.24, 2.45) is 0 Å². The Hall–Kier alpha value is -1.65. The number of hydrogen-bond donors (Lipinski definition) is 1. The van der Waals surface area contributed by atoms with Crippen LogP contribution >= 0.6 is 11.3 Å². The van der Waals surface area contributed by atoms with Gasteiger partial charge in [-0.3, -0.25) is 9.69 Å². The summed E-state index contributed by atoms with van der Waals surface area (Å²) in [5, 5.41) is 9.69. The van der Waals surface area contributed by atoms with Crippen LogP contribution in [0.25, 0.3) is 0 Å². The van der Waals surface area contributed by atoms with Crippen LogP contribution in [-0.2, 0) is 4.79 Å². The second kappa shape index (κ2) is 6.85. The standard InChI is InChI=1S/C19H23NO2S/c1-13-7-3-4-8-15(13)18(17-11-10-14(2)23-17)20-12-6-5-9-16(20)19(21)22/h3-4,7-8,10-11,16,18H,5-6,9,12H2,1-2H3,(H,21,22). The van der Waals surface area contributed by atoms with E-state index in [0.717, 1.165) is 25.8 Å². The van der Waals surface area contributed by atoms with Crippen molar-refractivity contribution in [1.82, 2.24) is 4.90 Å². The Morgan fingerprint density at radius 1 is 1.22 bits per heavy atom. The second-order valence-electron chi connectivity index (χ2n) is 6.30. The Balaban J connectivity index is 2.08. The first kappa shape index (κ1) is 16.2. The highest BCUT2D eigenvalue weighted by atomic mass is 32.1. The average molecular weight is 329 g/mol. The summed E-state index contributed by atoms with van der Waals surface area (Å²) in [5.74, 6) is -0.698. The number of aliphatic carboxylic acids is 1. The first-order valence-corrected chi connectivity index (χ1v) is 9.00. The van der Waals surface area contributed by atoms with Crippen molar-refractivity contribution in [1.29, 1.82) is 0 Å². The highest BCUT2D eigenvalue weighted by Crippen LogP contribution is 2.38. The number of carboxylic acid groups (broad SMARTS) is 1. The smallest absolute Gasteiger partial charge is 0.320 e. The Kier molecular flexibility index (Phi) is 4.83. The molecule has 1 aromatic carbocycles. The topological polar surface area (TPSA) is 40.5 Å². The zero-order valence-corrected chi connectivity index (χ0v) is 14.5. The number of piperidine rings is 1. The number of thiophene rings is 1. The van der Waals surface area contributed by atoms with Gasteiger partial charge in [0.1, 0.15) is 6.04 Å². The molecule has 0 aliphatic carbocycles. The monoisotopic (exact) mass is 329 g/mol. The summed E-state index contributed by atoms with van der Waals surface area (Å²) in [6, 6.07) is 12.3. The van der Waals surface area contributed by atoms with E-state index in [4.69, 9.17) is 0 Å². The van der Waals surface area contributed by atoms with Crippen LogP contribution < -0.4 is 0 Å². The maximum absolute atomic E-state index is 11.8. The van der Waals surface area contributed by atoms with Crippen molar-refractivity contribution in [2.75, 3.05) is 6.54 Å². The van der Waals surface area contributed by atoms with Crippen molar-refractivity contribution < 1.29 is 9.90 Å². The molecule has 0 saturated carbocycles. The largest absolute Gasteiger partial charge is 0.480 e. The molecule has 3 nitrogen and oxygen atoms in total. The van der Waals surface area contributed by atoms with Gasteiger partial charge in [-0.15, -0.1) is 11.3 Å². The SMILES string of the molecule is Cc1ccc(C(c2ccccc2C)N2CCCCC2C(=O)O)s1. The summed E-state index contributed by atoms with van der Waals surface area (Å²) in [6.07, 6.45) is 2.80. The Morgan fingerprint density at radius 3 is 2.65 bits per heavy atom. The highest BCUT2D eigenvalue weighted by molar-refractivity contribution is 7.12. The minimum absolute atomic E-state index is 0.0382. The molecule has 0 radical (unpaired) electrons. The molecule has 122 valence electrons. The van der Waals surface area contributed by atoms with Crippen molar-refractivity contribution in [2.45, 2.75) is 45.2 Å². The Bertz CT molecular complexity index is 694. The van der Waals surface area contributed by atoms with Gasteiger partial charge in [-0.2, -0.15) is 0 Å². The van der Waals surface area contributed by atoms with Crippen LogP contribution in [0.2, 0.25) is 0 Å². The molecule has 3 rings (SSSR count). The predicted molar refractivity (Wildman–Crippen MR) is 94.1 cm³/mol. The number of carboxylic acids is 1. The molecule has 0 bridgehead atoms. The van der Waals surface area contributed by atoms with Crippen LogP contribution in [0.1, 0.15) is 46.2 Å². The Labute approximate surface area is 141 Å². The third-order valence-corrected chi connectivity index (χ3v) is 5.73. The van der Waals surface area contributed by atoms with Crippen LogP contribution in [-0.4, -0.2) is 28.6 Å². The summed E-state index contributed by atoms with van der Waals surface area (Å²) in [5.41, 5.74) is 2.45. The molecule has 1 aliphatic rings. The zero-order chi connectivity index (χ0) is 16.4. The van der Waals surface area contributed by atoms with E-state index >= 15 is 0 Å². The zero-order valence-electron chi connectivity index (χ0n) is 13.7. The molecular weight excluding hydrogens is 306 g/mol. The number of rotatable bonds is 4. The van der Waals surface area contributed by atoms with Crippen molar-refractivity contribution in [3.05, 3.63) is 57.3 Å². The average Bonchev–Trinajstić information content (AvgIpc) is 2.96. The summed E-state index contributed by atoms with van der Waals surface area (Å²) < 4.78 is 0. The number of carbonyl (C=O) groups is 1. The maximum Gasteiger partial charge on any atom is 0.320 e. The number of aryl methyl sites for hydroxylation is 2. The number of hydrogen-bond acceptors (Lipinski definition) is 3. The van der Waals surface area contributed by atoms with Crippen molar-refractivity contribution >= 4 is 17.3 Å². The predicted octanol–water partition coefficient (Wildman–Crippen LogP) is 4.39. The maximum atomic E-state index is 11.8. The molecular formula is C19H23NO2S. The molecule has 1 fully saturated rings. The van der Waals surface area contributed by atoms with Crippen molar-refractivity contribution in [3.8, 4) is 0 Å². The fourth-order valence-corrected chi connectivity index (χ4v) is 4.54. The third-order valence-electron chi connectivity index (χ3n) is 4.67. The van der Waals surface area contributed by atoms with Gasteiger partial charge in [0, 0.05) is 9.75 Å². The molecule has 2 heterocycles. The normalized spacial score (nSPS) is 20.3. The number of benzene rings is 1. The summed E-state index contributed by atoms with van der Waals surface area (Å²) in [4.78, 5) is 16.5. The van der Waals surface area contributed by atoms with Crippen molar-refractivity contribution in [3.63, 3.8) is 0 Å². The minimum atomic E-state index is -0.698. The molecule has 2 unspecified atom stereocenters. The van der Waals surface area contributed by atoms with Crippen LogP contribution in [0.5, 0.6) is 0 Å². The fraction of sp³-hybridized carbons (Fsp3) is 0.421. The lowest BCUT2D eigenvalue weighted by molar-refractivity contribution is -0.145. The molecule has 23 heavy (non-hydrogen) atoms. The van der Waals surface area contributed by atoms with Gasteiger partial charge in [0.2, 0.25) is 0 Å². The van der Waals surface area contributed by atoms with Crippen LogP contribution in [0.15, 0.2) is 36.4 Å². The Morgan fingerprint density at radius 2 is 2.00 bits per heavy atom. The highest BCUT2D eigenvalue weighted by Gasteiger charge is 2.36. The molecule has 1 aliphatic heterocycles. The van der Waals surface area contributed by atoms with Gasteiger partial charge in [-0.25, -0.2) is 0 Å². The van der Waals surface area contributed by atoms with E-state index < -0.39 is 12.0 Å². The fourth-order valence-electron chi connectivity index (χ4n) is 3.52. The minimum Gasteiger partial charge on any atom is -0.480 e. The van der Waals surface area contributed by atoms with Gasteiger partial charge < -0.3 is 5.11 Å². The molecule has 2 aromatic rings. The molecule has 1 aromatic heterocycles. The molecule has 2 atom stereocenters. The van der Waals surface area contributed by atoms with Crippen LogP contribution in [0.3, 0.4) is 0 Å². The summed E-state index contributed by atoms with van der Waals surface area (Å²) in [7, 11) is 0. The molecule has 1 N–H and O–H groups in total. The first-order chi connectivity index (χ1) is 11.1. The summed E-state index contributed by atoms with van der Waals surface area (Å²) >= 11 is 1.77. The first-order valence-electron chi connectivity index (χ1n) is 8.18. The van der Waals surface area contributed by atoms with Gasteiger partial charge in [-0.1, -0.05) is 30.7 Å². The molecule has 0 amide bonds. The number of likely N-dealkylation sites (tertiary alicyclic amines) is 1. The van der Waals surface area contributed by atoms with Gasteiger partial charge in [0.15, 0.2) is 0 Å². The van der Waals surface area contributed by atoms with E-state index in [1.807, 2.05) is 6.07 Å². The van der Waals surface area contributed by atoms with E-state index in [9.17, 15) is 9.90 Å². The van der Waals surface area contributed by atoms with E-state index in [-0.39, 0.29) is 6.04 Å². The molecule has 1 saturated heterocycles. The molecule has 0 spiro atoms. The second-order valence-corrected chi connectivity index (χ2v) is 7.61. The van der Waals surface area contributed by atoms with E-state index in [1.165, 1.54) is 20.9 Å². The quantitative estimate of drug-likeness (QED) is 0.904. The third kappa shape index (κ3) is 3.33. The number of nitrogens with zero attached hydrogens (tertiary/aromatic N) is 1. The van der Waals surface area contributed by atoms with Gasteiger partial charge >= 0.3 is 5.97 Å². The lowest BCUT2D eigenvalue weighted by atomic mass is 9.93. The van der Waals surface area contributed by atoms with Crippen LogP contribution in [0, 0.1) is 13.8 Å². The lowest BCUT2D eigenvalue weighted by Gasteiger charge is -2.39. The summed E-state index contributed by atoms with van der Waals surface area (Å²) in [6.45, 7) is 5.06. The lowest BCUT2D eigenvalue weighted by Crippen LogP contribution is -2.46. The van der Waals surface area contributed by atoms with Gasteiger partial charge in [-0.05, 0) is 56.5 Å². The van der Waals surface area contributed by atoms with Gasteiger partial charge in [0.05, 0.1) is 6.04 Å². The van der Waals surface area contributed by atoms with Crippen LogP contribution in [0.4, 0.5) is 0 Å². The molecule has 4 heteroatoms.